The van der Waals surface area contributed by atoms with Crippen LogP contribution in [0.15, 0.2) is 24.3 Å². The van der Waals surface area contributed by atoms with E-state index in [2.05, 4.69) is 20.1 Å². The maximum atomic E-state index is 12.1. The Labute approximate surface area is 99.7 Å². The van der Waals surface area contributed by atoms with Crippen molar-refractivity contribution < 1.29 is 18.3 Å². The van der Waals surface area contributed by atoms with Crippen LogP contribution in [0.25, 0.3) is 11.3 Å². The van der Waals surface area contributed by atoms with Crippen molar-refractivity contribution in [3.63, 3.8) is 0 Å². The van der Waals surface area contributed by atoms with Gasteiger partial charge in [0.05, 0.1) is 0 Å². The number of hydrogen-bond donors (Lipinski definition) is 2. The number of nitrogens with zero attached hydrogens (tertiary/aromatic N) is 2. The van der Waals surface area contributed by atoms with Crippen LogP contribution in [0.1, 0.15) is 10.5 Å². The van der Waals surface area contributed by atoms with Gasteiger partial charge in [0.2, 0.25) is 0 Å². The van der Waals surface area contributed by atoms with Crippen molar-refractivity contribution in [2.24, 2.45) is 5.73 Å². The number of alkyl halides is 2. The molecule has 0 saturated carbocycles. The van der Waals surface area contributed by atoms with Crippen molar-refractivity contribution in [1.29, 1.82) is 0 Å². The lowest BCUT2D eigenvalue weighted by Crippen LogP contribution is -2.12. The van der Waals surface area contributed by atoms with Crippen molar-refractivity contribution in [3.05, 3.63) is 30.0 Å². The van der Waals surface area contributed by atoms with E-state index < -0.39 is 12.5 Å². The van der Waals surface area contributed by atoms with Crippen LogP contribution in [0.3, 0.4) is 0 Å². The number of aromatic nitrogens is 3. The maximum absolute atomic E-state index is 12.1. The summed E-state index contributed by atoms with van der Waals surface area (Å²) >= 11 is 0. The summed E-state index contributed by atoms with van der Waals surface area (Å²) in [5, 5.41) is 9.58. The molecule has 8 heteroatoms. The first kappa shape index (κ1) is 12.0. The fourth-order valence-corrected chi connectivity index (χ4v) is 1.42. The summed E-state index contributed by atoms with van der Waals surface area (Å²) in [4.78, 5) is 11.1. The summed E-state index contributed by atoms with van der Waals surface area (Å²) in [6.45, 7) is -2.92. The number of carbonyl (C=O) groups excluding carboxylic acids is 1. The van der Waals surface area contributed by atoms with Gasteiger partial charge in [0.1, 0.15) is 11.4 Å². The number of carbonyl (C=O) groups is 1. The van der Waals surface area contributed by atoms with Crippen LogP contribution in [-0.4, -0.2) is 27.9 Å². The number of amides is 1. The zero-order valence-corrected chi connectivity index (χ0v) is 8.93. The van der Waals surface area contributed by atoms with E-state index >= 15 is 0 Å². The third-order valence-corrected chi connectivity index (χ3v) is 2.11. The van der Waals surface area contributed by atoms with Gasteiger partial charge in [0.15, 0.2) is 5.69 Å². The van der Waals surface area contributed by atoms with E-state index in [1.165, 1.54) is 18.2 Å². The van der Waals surface area contributed by atoms with E-state index in [0.29, 0.717) is 5.56 Å². The zero-order valence-electron chi connectivity index (χ0n) is 8.93. The predicted octanol–water partition coefficient (Wildman–Crippen LogP) is 1.17. The third-order valence-electron chi connectivity index (χ3n) is 2.11. The summed E-state index contributed by atoms with van der Waals surface area (Å²) in [6, 6.07) is 5.74. The Morgan fingerprint density at radius 2 is 2.17 bits per heavy atom. The molecule has 0 spiro atoms. The van der Waals surface area contributed by atoms with Crippen LogP contribution in [0.2, 0.25) is 0 Å². The van der Waals surface area contributed by atoms with Crippen molar-refractivity contribution in [2.45, 2.75) is 6.61 Å². The molecule has 0 aliphatic heterocycles. The normalized spacial score (nSPS) is 10.6. The molecule has 0 fully saturated rings. The molecule has 2 aromatic rings. The second-order valence-corrected chi connectivity index (χ2v) is 3.29. The molecule has 1 aromatic heterocycles. The van der Waals surface area contributed by atoms with Gasteiger partial charge >= 0.3 is 6.61 Å². The first-order chi connectivity index (χ1) is 8.58. The molecule has 0 aliphatic rings. The number of primary amides is 1. The molecule has 0 saturated heterocycles. The number of benzene rings is 1. The van der Waals surface area contributed by atoms with Gasteiger partial charge in [-0.3, -0.25) is 4.79 Å². The van der Waals surface area contributed by atoms with Gasteiger partial charge < -0.3 is 10.5 Å². The molecule has 1 amide bonds. The molecule has 1 aromatic carbocycles. The minimum absolute atomic E-state index is 0.0408. The van der Waals surface area contributed by atoms with E-state index in [4.69, 9.17) is 5.73 Å². The monoisotopic (exact) mass is 254 g/mol. The van der Waals surface area contributed by atoms with Gasteiger partial charge in [-0.15, -0.1) is 0 Å². The van der Waals surface area contributed by atoms with Crippen molar-refractivity contribution in [1.82, 2.24) is 15.4 Å². The summed E-state index contributed by atoms with van der Waals surface area (Å²) < 4.78 is 28.4. The van der Waals surface area contributed by atoms with E-state index in [0.717, 1.165) is 0 Å². The number of rotatable bonds is 4. The number of aromatic amines is 1. The Morgan fingerprint density at radius 3 is 2.83 bits per heavy atom. The fraction of sp³-hybridized carbons (Fsp3) is 0.100. The lowest BCUT2D eigenvalue weighted by Gasteiger charge is -2.05. The molecular weight excluding hydrogens is 246 g/mol. The summed E-state index contributed by atoms with van der Waals surface area (Å²) in [5.74, 6) is -0.806. The van der Waals surface area contributed by atoms with Gasteiger partial charge in [0.25, 0.3) is 5.91 Å². The lowest BCUT2D eigenvalue weighted by atomic mass is 10.1. The first-order valence-corrected chi connectivity index (χ1v) is 4.83. The van der Waals surface area contributed by atoms with Crippen molar-refractivity contribution in [3.8, 4) is 17.0 Å². The summed E-state index contributed by atoms with van der Waals surface area (Å²) in [7, 11) is 0. The molecular formula is C10H8F2N4O2. The van der Waals surface area contributed by atoms with Crippen LogP contribution in [0.4, 0.5) is 8.78 Å². The molecule has 0 atom stereocenters. The highest BCUT2D eigenvalue weighted by molar-refractivity contribution is 5.96. The molecule has 0 aliphatic carbocycles. The van der Waals surface area contributed by atoms with Crippen LogP contribution in [0.5, 0.6) is 5.75 Å². The Kier molecular flexibility index (Phi) is 3.18. The molecule has 1 heterocycles. The SMILES string of the molecule is NC(=O)c1n[nH]nc1-c1cccc(OC(F)F)c1. The lowest BCUT2D eigenvalue weighted by molar-refractivity contribution is -0.0498. The third kappa shape index (κ3) is 2.42. The molecule has 6 nitrogen and oxygen atoms in total. The highest BCUT2D eigenvalue weighted by atomic mass is 19.3. The van der Waals surface area contributed by atoms with Gasteiger partial charge in [-0.2, -0.15) is 24.2 Å². The number of nitrogens with two attached hydrogens (primary N) is 1. The summed E-state index contributed by atoms with van der Waals surface area (Å²) in [6.07, 6.45) is 0. The minimum atomic E-state index is -2.92. The van der Waals surface area contributed by atoms with E-state index in [1.54, 1.807) is 6.07 Å². The predicted molar refractivity (Wildman–Crippen MR) is 57.0 cm³/mol. The van der Waals surface area contributed by atoms with E-state index in [9.17, 15) is 13.6 Å². The van der Waals surface area contributed by atoms with Gasteiger partial charge in [-0.1, -0.05) is 12.1 Å². The Bertz CT molecular complexity index is 571. The second kappa shape index (κ2) is 4.78. The van der Waals surface area contributed by atoms with Gasteiger partial charge in [-0.25, -0.2) is 0 Å². The van der Waals surface area contributed by atoms with Crippen molar-refractivity contribution >= 4 is 5.91 Å². The largest absolute Gasteiger partial charge is 0.435 e. The highest BCUT2D eigenvalue weighted by Crippen LogP contribution is 2.24. The Morgan fingerprint density at radius 1 is 1.39 bits per heavy atom. The average molecular weight is 254 g/mol. The second-order valence-electron chi connectivity index (χ2n) is 3.29. The topological polar surface area (TPSA) is 93.9 Å². The van der Waals surface area contributed by atoms with E-state index in [-0.39, 0.29) is 17.1 Å². The van der Waals surface area contributed by atoms with Crippen LogP contribution in [0, 0.1) is 0 Å². The molecule has 94 valence electrons. The summed E-state index contributed by atoms with van der Waals surface area (Å²) in [5.41, 5.74) is 5.62. The number of H-pyrrole nitrogens is 1. The Balaban J connectivity index is 2.38. The van der Waals surface area contributed by atoms with Crippen LogP contribution in [-0.2, 0) is 0 Å². The quantitative estimate of drug-likeness (QED) is 0.856. The van der Waals surface area contributed by atoms with Crippen LogP contribution < -0.4 is 10.5 Å². The highest BCUT2D eigenvalue weighted by Gasteiger charge is 2.16. The van der Waals surface area contributed by atoms with Gasteiger partial charge in [0, 0.05) is 5.56 Å². The number of halogens is 2. The smallest absolute Gasteiger partial charge is 0.387 e. The number of ether oxygens (including phenoxy) is 1. The first-order valence-electron chi connectivity index (χ1n) is 4.83. The molecule has 18 heavy (non-hydrogen) atoms. The van der Waals surface area contributed by atoms with E-state index in [1.807, 2.05) is 0 Å². The average Bonchev–Trinajstić information content (AvgIpc) is 2.77. The molecule has 0 unspecified atom stereocenters. The van der Waals surface area contributed by atoms with Gasteiger partial charge in [-0.05, 0) is 12.1 Å². The number of hydrogen-bond acceptors (Lipinski definition) is 4. The zero-order chi connectivity index (χ0) is 13.1. The Hall–Kier alpha value is -2.51. The van der Waals surface area contributed by atoms with Crippen LogP contribution >= 0.6 is 0 Å². The fourth-order valence-electron chi connectivity index (χ4n) is 1.42. The maximum Gasteiger partial charge on any atom is 0.387 e. The molecule has 2 rings (SSSR count). The van der Waals surface area contributed by atoms with Crippen molar-refractivity contribution in [2.75, 3.05) is 0 Å². The minimum Gasteiger partial charge on any atom is -0.435 e. The molecule has 0 bridgehead atoms. The molecule has 0 radical (unpaired) electrons. The number of nitrogens with one attached hydrogen (secondary N) is 1. The molecule has 3 N–H and O–H groups in total. The standard InChI is InChI=1S/C10H8F2N4O2/c11-10(12)18-6-3-1-2-5(4-6)7-8(9(13)17)15-16-14-7/h1-4,10H,(H2,13,17)(H,14,15,16).